The van der Waals surface area contributed by atoms with Gasteiger partial charge in [-0.3, -0.25) is 15.1 Å². The van der Waals surface area contributed by atoms with Gasteiger partial charge >= 0.3 is 5.69 Å². The predicted molar refractivity (Wildman–Crippen MR) is 69.4 cm³/mol. The predicted octanol–water partition coefficient (Wildman–Crippen LogP) is 1.28. The van der Waals surface area contributed by atoms with Crippen LogP contribution in [0.25, 0.3) is 0 Å². The highest BCUT2D eigenvalue weighted by molar-refractivity contribution is 5.67. The van der Waals surface area contributed by atoms with E-state index >= 15 is 0 Å². The zero-order chi connectivity index (χ0) is 13.8. The molecule has 8 heteroatoms. The van der Waals surface area contributed by atoms with Gasteiger partial charge in [-0.05, 0) is 19.1 Å². The molecule has 2 heterocycles. The Morgan fingerprint density at radius 3 is 2.89 bits per heavy atom. The quantitative estimate of drug-likeness (QED) is 0.627. The van der Waals surface area contributed by atoms with Gasteiger partial charge in [0.25, 0.3) is 0 Å². The molecule has 0 spiro atoms. The second-order valence-electron chi connectivity index (χ2n) is 3.84. The maximum atomic E-state index is 10.9. The SMILES string of the molecule is Cc1cccc(CNc2ncnc(N)c2[N+](=O)[O-])n1. The van der Waals surface area contributed by atoms with Crippen molar-refractivity contribution in [3.05, 3.63) is 46.0 Å². The number of pyridine rings is 1. The average molecular weight is 260 g/mol. The molecule has 0 saturated carbocycles. The Bertz CT molecular complexity index is 616. The number of aromatic nitrogens is 3. The van der Waals surface area contributed by atoms with Crippen LogP contribution < -0.4 is 11.1 Å². The lowest BCUT2D eigenvalue weighted by Crippen LogP contribution is -2.09. The van der Waals surface area contributed by atoms with Crippen molar-refractivity contribution >= 4 is 17.3 Å². The largest absolute Gasteiger partial charge is 0.378 e. The van der Waals surface area contributed by atoms with Crippen LogP contribution in [-0.4, -0.2) is 19.9 Å². The normalized spacial score (nSPS) is 10.2. The number of hydrogen-bond acceptors (Lipinski definition) is 7. The maximum Gasteiger partial charge on any atom is 0.352 e. The molecule has 0 bridgehead atoms. The first-order valence-electron chi connectivity index (χ1n) is 5.49. The van der Waals surface area contributed by atoms with Crippen molar-refractivity contribution in [1.82, 2.24) is 15.0 Å². The molecule has 0 unspecified atom stereocenters. The molecular weight excluding hydrogens is 248 g/mol. The molecule has 0 saturated heterocycles. The molecule has 2 rings (SSSR count). The lowest BCUT2D eigenvalue weighted by atomic mass is 10.3. The number of nitrogens with two attached hydrogens (primary N) is 1. The molecule has 0 aromatic carbocycles. The van der Waals surface area contributed by atoms with E-state index in [0.717, 1.165) is 11.4 Å². The second kappa shape index (κ2) is 5.25. The zero-order valence-corrected chi connectivity index (χ0v) is 10.2. The van der Waals surface area contributed by atoms with Gasteiger partial charge in [0.1, 0.15) is 6.33 Å². The van der Waals surface area contributed by atoms with Crippen molar-refractivity contribution in [3.63, 3.8) is 0 Å². The number of anilines is 2. The summed E-state index contributed by atoms with van der Waals surface area (Å²) in [6, 6.07) is 5.55. The van der Waals surface area contributed by atoms with E-state index in [0.29, 0.717) is 6.54 Å². The number of rotatable bonds is 4. The van der Waals surface area contributed by atoms with Crippen LogP contribution in [0.15, 0.2) is 24.5 Å². The number of nitrogens with one attached hydrogen (secondary N) is 1. The molecule has 2 aromatic heterocycles. The number of nitro groups is 1. The lowest BCUT2D eigenvalue weighted by molar-refractivity contribution is -0.383. The van der Waals surface area contributed by atoms with Crippen molar-refractivity contribution < 1.29 is 4.92 Å². The Morgan fingerprint density at radius 2 is 2.21 bits per heavy atom. The van der Waals surface area contributed by atoms with E-state index in [1.54, 1.807) is 0 Å². The van der Waals surface area contributed by atoms with Crippen molar-refractivity contribution in [2.24, 2.45) is 0 Å². The number of hydrogen-bond donors (Lipinski definition) is 2. The molecular formula is C11H12N6O2. The molecule has 0 fully saturated rings. The van der Waals surface area contributed by atoms with Crippen LogP contribution in [0.5, 0.6) is 0 Å². The van der Waals surface area contributed by atoms with Crippen molar-refractivity contribution in [1.29, 1.82) is 0 Å². The molecule has 0 aliphatic rings. The zero-order valence-electron chi connectivity index (χ0n) is 10.2. The number of aryl methyl sites for hydroxylation is 1. The van der Waals surface area contributed by atoms with Gasteiger partial charge in [0.15, 0.2) is 0 Å². The minimum absolute atomic E-state index is 0.0841. The minimum atomic E-state index is -0.610. The third-order valence-corrected chi connectivity index (χ3v) is 2.42. The standard InChI is InChI=1S/C11H12N6O2/c1-7-3-2-4-8(16-7)5-13-11-9(17(18)19)10(12)14-6-15-11/h2-4,6H,5H2,1H3,(H3,12,13,14,15). The van der Waals surface area contributed by atoms with E-state index in [2.05, 4.69) is 20.3 Å². The lowest BCUT2D eigenvalue weighted by Gasteiger charge is -2.06. The summed E-state index contributed by atoms with van der Waals surface area (Å²) in [5, 5.41) is 13.7. The highest BCUT2D eigenvalue weighted by Crippen LogP contribution is 2.26. The first kappa shape index (κ1) is 12.7. The molecule has 0 aliphatic carbocycles. The fourth-order valence-corrected chi connectivity index (χ4v) is 1.57. The molecule has 2 aromatic rings. The topological polar surface area (TPSA) is 120 Å². The first-order chi connectivity index (χ1) is 9.08. The molecule has 0 atom stereocenters. The van der Waals surface area contributed by atoms with Gasteiger partial charge in [0.05, 0.1) is 17.2 Å². The number of nitrogen functional groups attached to an aromatic ring is 1. The van der Waals surface area contributed by atoms with Crippen molar-refractivity contribution in [3.8, 4) is 0 Å². The maximum absolute atomic E-state index is 10.9. The van der Waals surface area contributed by atoms with Crippen LogP contribution in [0.1, 0.15) is 11.4 Å². The molecule has 19 heavy (non-hydrogen) atoms. The van der Waals surface area contributed by atoms with E-state index in [9.17, 15) is 10.1 Å². The average Bonchev–Trinajstić information content (AvgIpc) is 2.36. The fraction of sp³-hybridized carbons (Fsp3) is 0.182. The summed E-state index contributed by atoms with van der Waals surface area (Å²) in [4.78, 5) is 22.0. The van der Waals surface area contributed by atoms with Crippen LogP contribution in [-0.2, 0) is 6.54 Å². The summed E-state index contributed by atoms with van der Waals surface area (Å²) in [7, 11) is 0. The highest BCUT2D eigenvalue weighted by Gasteiger charge is 2.20. The van der Waals surface area contributed by atoms with Gasteiger partial charge in [-0.25, -0.2) is 9.97 Å². The Hall–Kier alpha value is -2.77. The van der Waals surface area contributed by atoms with E-state index in [4.69, 9.17) is 5.73 Å². The molecule has 0 aliphatic heterocycles. The van der Waals surface area contributed by atoms with Crippen LogP contribution >= 0.6 is 0 Å². The summed E-state index contributed by atoms with van der Waals surface area (Å²) >= 11 is 0. The third-order valence-electron chi connectivity index (χ3n) is 2.42. The van der Waals surface area contributed by atoms with Crippen LogP contribution in [0.3, 0.4) is 0 Å². The molecule has 0 radical (unpaired) electrons. The van der Waals surface area contributed by atoms with Crippen molar-refractivity contribution in [2.75, 3.05) is 11.1 Å². The summed E-state index contributed by atoms with van der Waals surface area (Å²) in [5.41, 5.74) is 6.77. The van der Waals surface area contributed by atoms with Gasteiger partial charge < -0.3 is 11.1 Å². The van der Waals surface area contributed by atoms with E-state index in [1.807, 2.05) is 25.1 Å². The van der Waals surface area contributed by atoms with E-state index in [-0.39, 0.29) is 17.3 Å². The van der Waals surface area contributed by atoms with Crippen LogP contribution in [0.2, 0.25) is 0 Å². The van der Waals surface area contributed by atoms with Crippen molar-refractivity contribution in [2.45, 2.75) is 13.5 Å². The summed E-state index contributed by atoms with van der Waals surface area (Å²) in [6.07, 6.45) is 1.17. The van der Waals surface area contributed by atoms with Crippen LogP contribution in [0, 0.1) is 17.0 Å². The minimum Gasteiger partial charge on any atom is -0.378 e. The Labute approximate surface area is 108 Å². The summed E-state index contributed by atoms with van der Waals surface area (Å²) in [5.74, 6) is -0.0829. The van der Waals surface area contributed by atoms with E-state index in [1.165, 1.54) is 6.33 Å². The van der Waals surface area contributed by atoms with Gasteiger partial charge in [-0.15, -0.1) is 0 Å². The fourth-order valence-electron chi connectivity index (χ4n) is 1.57. The molecule has 0 amide bonds. The Morgan fingerprint density at radius 1 is 1.42 bits per heavy atom. The third kappa shape index (κ3) is 2.92. The Kier molecular flexibility index (Phi) is 3.51. The molecule has 3 N–H and O–H groups in total. The van der Waals surface area contributed by atoms with Gasteiger partial charge in [-0.1, -0.05) is 6.07 Å². The molecule has 8 nitrogen and oxygen atoms in total. The second-order valence-corrected chi connectivity index (χ2v) is 3.84. The van der Waals surface area contributed by atoms with Crippen LogP contribution in [0.4, 0.5) is 17.3 Å². The van der Waals surface area contributed by atoms with Gasteiger partial charge in [0.2, 0.25) is 11.6 Å². The first-order valence-corrected chi connectivity index (χ1v) is 5.49. The van der Waals surface area contributed by atoms with Gasteiger partial charge in [0, 0.05) is 5.69 Å². The Balaban J connectivity index is 2.20. The summed E-state index contributed by atoms with van der Waals surface area (Å²) in [6.45, 7) is 2.19. The smallest absolute Gasteiger partial charge is 0.352 e. The highest BCUT2D eigenvalue weighted by atomic mass is 16.6. The van der Waals surface area contributed by atoms with E-state index < -0.39 is 4.92 Å². The van der Waals surface area contributed by atoms with Gasteiger partial charge in [-0.2, -0.15) is 0 Å². The monoisotopic (exact) mass is 260 g/mol. The number of nitrogens with zero attached hydrogens (tertiary/aromatic N) is 4. The summed E-state index contributed by atoms with van der Waals surface area (Å²) < 4.78 is 0. The molecule has 98 valence electrons.